The lowest BCUT2D eigenvalue weighted by molar-refractivity contribution is -0.387. The molecule has 0 saturated heterocycles. The van der Waals surface area contributed by atoms with Crippen LogP contribution in [0, 0.1) is 27.3 Å². The molecule has 0 aliphatic heterocycles. The Morgan fingerprint density at radius 2 is 2.27 bits per heavy atom. The van der Waals surface area contributed by atoms with Gasteiger partial charge < -0.3 is 9.72 Å². The van der Waals surface area contributed by atoms with Crippen molar-refractivity contribution in [2.75, 3.05) is 0 Å². The highest BCUT2D eigenvalue weighted by atomic mass is 19.1. The summed E-state index contributed by atoms with van der Waals surface area (Å²) in [5.41, 5.74) is -0.470. The van der Waals surface area contributed by atoms with Crippen molar-refractivity contribution in [1.82, 2.24) is 4.98 Å². The van der Waals surface area contributed by atoms with E-state index < -0.39 is 22.4 Å². The number of nitro groups is 1. The summed E-state index contributed by atoms with van der Waals surface area (Å²) >= 11 is 0. The maximum Gasteiger partial charge on any atom is 0.345 e. The predicted molar refractivity (Wildman–Crippen MR) is 73.2 cm³/mol. The van der Waals surface area contributed by atoms with E-state index in [1.807, 2.05) is 6.07 Å². The third kappa shape index (κ3) is 2.55. The van der Waals surface area contributed by atoms with Gasteiger partial charge in [-0.15, -0.1) is 0 Å². The number of carbonyl (C=O) groups is 1. The second-order valence-corrected chi connectivity index (χ2v) is 4.06. The minimum Gasteiger partial charge on any atom is -0.431 e. The van der Waals surface area contributed by atoms with E-state index in [4.69, 9.17) is 5.26 Å². The molecule has 1 heterocycles. The van der Waals surface area contributed by atoms with Gasteiger partial charge >= 0.3 is 11.7 Å². The van der Waals surface area contributed by atoms with Crippen LogP contribution in [0.3, 0.4) is 0 Å². The molecule has 0 aliphatic carbocycles. The van der Waals surface area contributed by atoms with Crippen molar-refractivity contribution < 1.29 is 18.8 Å². The van der Waals surface area contributed by atoms with Crippen molar-refractivity contribution in [3.63, 3.8) is 0 Å². The molecule has 0 fully saturated rings. The normalized spacial score (nSPS) is 9.82. The van der Waals surface area contributed by atoms with Crippen LogP contribution in [0.4, 0.5) is 10.1 Å². The second kappa shape index (κ2) is 5.88. The van der Waals surface area contributed by atoms with E-state index in [0.717, 1.165) is 18.4 Å². The summed E-state index contributed by atoms with van der Waals surface area (Å²) in [6.45, 7) is 3.25. The predicted octanol–water partition coefficient (Wildman–Crippen LogP) is 2.90. The van der Waals surface area contributed by atoms with Crippen LogP contribution < -0.4 is 0 Å². The molecule has 110 valence electrons. The molecule has 0 unspecified atom stereocenters. The number of aromatic nitrogens is 1. The monoisotopic (exact) mass is 301 g/mol. The van der Waals surface area contributed by atoms with Crippen LogP contribution in [-0.2, 0) is 4.74 Å². The van der Waals surface area contributed by atoms with Gasteiger partial charge in [-0.05, 0) is 17.7 Å². The van der Waals surface area contributed by atoms with Crippen molar-refractivity contribution in [2.45, 2.75) is 0 Å². The second-order valence-electron chi connectivity index (χ2n) is 4.06. The standard InChI is InChI=1S/C14H8FN3O4/c1-2-22-14(19)9-7-17-11(6-16)13(9)8-3-4-12(18(20)21)10(15)5-8/h2-5,7,17H,1H2. The van der Waals surface area contributed by atoms with Crippen LogP contribution in [0.25, 0.3) is 11.1 Å². The third-order valence-corrected chi connectivity index (χ3v) is 2.84. The molecule has 0 bridgehead atoms. The molecule has 0 radical (unpaired) electrons. The molecular weight excluding hydrogens is 293 g/mol. The zero-order valence-corrected chi connectivity index (χ0v) is 11.0. The van der Waals surface area contributed by atoms with Gasteiger partial charge in [0.05, 0.1) is 16.7 Å². The number of carbonyl (C=O) groups excluding carboxylic acids is 1. The number of nitrogens with one attached hydrogen (secondary N) is 1. The van der Waals surface area contributed by atoms with Gasteiger partial charge in [-0.2, -0.15) is 9.65 Å². The first-order valence-corrected chi connectivity index (χ1v) is 5.87. The molecule has 1 N–H and O–H groups in total. The third-order valence-electron chi connectivity index (χ3n) is 2.84. The summed E-state index contributed by atoms with van der Waals surface area (Å²) in [5.74, 6) is -1.86. The Morgan fingerprint density at radius 1 is 1.55 bits per heavy atom. The summed E-state index contributed by atoms with van der Waals surface area (Å²) in [4.78, 5) is 24.1. The van der Waals surface area contributed by atoms with Gasteiger partial charge in [0.2, 0.25) is 5.82 Å². The molecule has 0 aliphatic rings. The minimum atomic E-state index is -1.07. The van der Waals surface area contributed by atoms with Crippen molar-refractivity contribution in [1.29, 1.82) is 5.26 Å². The highest BCUT2D eigenvalue weighted by Crippen LogP contribution is 2.31. The molecule has 0 atom stereocenters. The van der Waals surface area contributed by atoms with E-state index in [9.17, 15) is 19.3 Å². The highest BCUT2D eigenvalue weighted by molar-refractivity contribution is 5.99. The van der Waals surface area contributed by atoms with E-state index in [1.165, 1.54) is 12.3 Å². The maximum atomic E-state index is 13.7. The number of hydrogen-bond donors (Lipinski definition) is 1. The molecule has 8 heteroatoms. The summed E-state index contributed by atoms with van der Waals surface area (Å²) in [5, 5.41) is 19.7. The van der Waals surface area contributed by atoms with Crippen LogP contribution in [0.15, 0.2) is 37.2 Å². The number of nitriles is 1. The molecule has 0 amide bonds. The van der Waals surface area contributed by atoms with Crippen LogP contribution >= 0.6 is 0 Å². The Kier molecular flexibility index (Phi) is 3.99. The van der Waals surface area contributed by atoms with Gasteiger partial charge in [0, 0.05) is 17.8 Å². The lowest BCUT2D eigenvalue weighted by Gasteiger charge is -2.04. The Hall–Kier alpha value is -3.47. The van der Waals surface area contributed by atoms with Crippen molar-refractivity contribution in [2.24, 2.45) is 0 Å². The van der Waals surface area contributed by atoms with E-state index in [1.54, 1.807) is 0 Å². The molecule has 2 rings (SSSR count). The summed E-state index contributed by atoms with van der Waals surface area (Å²) in [7, 11) is 0. The molecule has 0 saturated carbocycles. The molecule has 0 spiro atoms. The van der Waals surface area contributed by atoms with Gasteiger partial charge in [-0.25, -0.2) is 4.79 Å². The SMILES string of the molecule is C=COC(=O)c1c[nH]c(C#N)c1-c1ccc([N+](=O)[O-])c(F)c1. The smallest absolute Gasteiger partial charge is 0.345 e. The van der Waals surface area contributed by atoms with E-state index >= 15 is 0 Å². The number of halogens is 1. The number of rotatable bonds is 4. The number of H-pyrrole nitrogens is 1. The Labute approximate surface area is 123 Å². The van der Waals surface area contributed by atoms with Crippen LogP contribution in [0.5, 0.6) is 0 Å². The highest BCUT2D eigenvalue weighted by Gasteiger charge is 2.22. The number of aromatic amines is 1. The molecule has 22 heavy (non-hydrogen) atoms. The zero-order chi connectivity index (χ0) is 16.3. The molecule has 1 aromatic carbocycles. The van der Waals surface area contributed by atoms with Gasteiger partial charge in [0.25, 0.3) is 0 Å². The van der Waals surface area contributed by atoms with Crippen LogP contribution in [0.2, 0.25) is 0 Å². The van der Waals surface area contributed by atoms with Crippen LogP contribution in [-0.4, -0.2) is 15.9 Å². The van der Waals surface area contributed by atoms with E-state index in [2.05, 4.69) is 16.3 Å². The van der Waals surface area contributed by atoms with Crippen molar-refractivity contribution in [3.05, 3.63) is 64.4 Å². The van der Waals surface area contributed by atoms with Crippen molar-refractivity contribution >= 4 is 11.7 Å². The van der Waals surface area contributed by atoms with E-state index in [-0.39, 0.29) is 22.4 Å². The molecule has 1 aromatic heterocycles. The first-order chi connectivity index (χ1) is 10.5. The number of esters is 1. The lowest BCUT2D eigenvalue weighted by Crippen LogP contribution is -2.01. The Morgan fingerprint density at radius 3 is 2.82 bits per heavy atom. The lowest BCUT2D eigenvalue weighted by atomic mass is 10.0. The largest absolute Gasteiger partial charge is 0.431 e. The number of nitro benzene ring substituents is 1. The minimum absolute atomic E-state index is 0.00395. The zero-order valence-electron chi connectivity index (χ0n) is 11.0. The van der Waals surface area contributed by atoms with E-state index in [0.29, 0.717) is 0 Å². The summed E-state index contributed by atoms with van der Waals surface area (Å²) < 4.78 is 18.4. The number of ether oxygens (including phenoxy) is 1. The summed E-state index contributed by atoms with van der Waals surface area (Å²) in [6, 6.07) is 4.91. The molecule has 2 aromatic rings. The fourth-order valence-electron chi connectivity index (χ4n) is 1.92. The maximum absolute atomic E-state index is 13.7. The molecule has 7 nitrogen and oxygen atoms in total. The topological polar surface area (TPSA) is 109 Å². The van der Waals surface area contributed by atoms with Crippen molar-refractivity contribution in [3.8, 4) is 17.2 Å². The van der Waals surface area contributed by atoms with Gasteiger partial charge in [-0.3, -0.25) is 10.1 Å². The Bertz CT molecular complexity index is 820. The number of benzene rings is 1. The fourth-order valence-corrected chi connectivity index (χ4v) is 1.92. The van der Waals surface area contributed by atoms with Gasteiger partial charge in [0.1, 0.15) is 11.8 Å². The number of hydrogen-bond acceptors (Lipinski definition) is 5. The number of nitrogens with zero attached hydrogens (tertiary/aromatic N) is 2. The average molecular weight is 301 g/mol. The van der Waals surface area contributed by atoms with Gasteiger partial charge in [-0.1, -0.05) is 6.58 Å². The Balaban J connectivity index is 2.61. The molecular formula is C14H8FN3O4. The van der Waals surface area contributed by atoms with Gasteiger partial charge in [0.15, 0.2) is 0 Å². The first kappa shape index (κ1) is 14.9. The average Bonchev–Trinajstić information content (AvgIpc) is 2.90. The fraction of sp³-hybridized carbons (Fsp3) is 0. The summed E-state index contributed by atoms with van der Waals surface area (Å²) in [6.07, 6.45) is 2.15. The first-order valence-electron chi connectivity index (χ1n) is 5.87. The quantitative estimate of drug-likeness (QED) is 0.404. The van der Waals surface area contributed by atoms with Crippen LogP contribution in [0.1, 0.15) is 16.1 Å².